The van der Waals surface area contributed by atoms with Crippen molar-refractivity contribution >= 4 is 10.9 Å². The molecule has 0 spiro atoms. The van der Waals surface area contributed by atoms with Crippen LogP contribution in [0.3, 0.4) is 0 Å². The van der Waals surface area contributed by atoms with E-state index in [9.17, 15) is 9.50 Å². The zero-order chi connectivity index (χ0) is 16.3. The van der Waals surface area contributed by atoms with Gasteiger partial charge in [-0.2, -0.15) is 0 Å². The third-order valence-corrected chi connectivity index (χ3v) is 3.93. The first-order chi connectivity index (χ1) is 11.1. The summed E-state index contributed by atoms with van der Waals surface area (Å²) in [6, 6.07) is 16.1. The van der Waals surface area contributed by atoms with Crippen LogP contribution in [0.5, 0.6) is 0 Å². The van der Waals surface area contributed by atoms with Gasteiger partial charge in [-0.1, -0.05) is 36.4 Å². The van der Waals surface area contributed by atoms with Crippen molar-refractivity contribution in [3.05, 3.63) is 77.7 Å². The summed E-state index contributed by atoms with van der Waals surface area (Å²) in [6.45, 7) is 2.56. The monoisotopic (exact) mass is 310 g/mol. The van der Waals surface area contributed by atoms with Crippen LogP contribution in [0.25, 0.3) is 10.9 Å². The molecule has 0 saturated heterocycles. The molecule has 0 aliphatic carbocycles. The van der Waals surface area contributed by atoms with Gasteiger partial charge in [0.25, 0.3) is 0 Å². The van der Waals surface area contributed by atoms with Crippen molar-refractivity contribution in [2.24, 2.45) is 0 Å². The van der Waals surface area contributed by atoms with E-state index in [1.807, 2.05) is 36.4 Å². The lowest BCUT2D eigenvalue weighted by atomic mass is 9.96. The molecule has 0 bridgehead atoms. The zero-order valence-electron chi connectivity index (χ0n) is 13.0. The summed E-state index contributed by atoms with van der Waals surface area (Å²) in [5, 5.41) is 14.6. The van der Waals surface area contributed by atoms with Crippen molar-refractivity contribution in [3.8, 4) is 0 Å². The fourth-order valence-electron chi connectivity index (χ4n) is 2.70. The van der Waals surface area contributed by atoms with Crippen LogP contribution in [0.4, 0.5) is 4.39 Å². The molecular formula is C19H19FN2O. The highest BCUT2D eigenvalue weighted by atomic mass is 19.1. The maximum atomic E-state index is 13.7. The summed E-state index contributed by atoms with van der Waals surface area (Å²) in [6.07, 6.45) is 1.70. The molecule has 4 heteroatoms. The molecule has 2 aromatic carbocycles. The highest BCUT2D eigenvalue weighted by molar-refractivity contribution is 5.81. The molecule has 0 aliphatic heterocycles. The van der Waals surface area contributed by atoms with E-state index in [4.69, 9.17) is 0 Å². The van der Waals surface area contributed by atoms with Gasteiger partial charge < -0.3 is 10.4 Å². The minimum absolute atomic E-state index is 0.280. The summed E-state index contributed by atoms with van der Waals surface area (Å²) in [7, 11) is 0. The second kappa shape index (κ2) is 6.44. The molecule has 0 saturated carbocycles. The molecule has 0 aliphatic rings. The maximum absolute atomic E-state index is 13.7. The summed E-state index contributed by atoms with van der Waals surface area (Å²) in [5.41, 5.74) is 1.41. The number of halogens is 1. The van der Waals surface area contributed by atoms with Crippen LogP contribution in [0, 0.1) is 5.82 Å². The van der Waals surface area contributed by atoms with Gasteiger partial charge in [-0.05, 0) is 36.2 Å². The molecular weight excluding hydrogens is 291 g/mol. The van der Waals surface area contributed by atoms with Gasteiger partial charge in [0.05, 0.1) is 11.1 Å². The molecule has 23 heavy (non-hydrogen) atoms. The summed E-state index contributed by atoms with van der Waals surface area (Å²) < 4.78 is 13.7. The number of aliphatic hydroxyl groups is 1. The van der Waals surface area contributed by atoms with Crippen molar-refractivity contribution in [1.29, 1.82) is 0 Å². The van der Waals surface area contributed by atoms with Crippen LogP contribution in [-0.4, -0.2) is 16.6 Å². The Morgan fingerprint density at radius 2 is 1.91 bits per heavy atom. The number of pyridine rings is 1. The predicted octanol–water partition coefficient (Wildman–Crippen LogP) is 3.37. The lowest BCUT2D eigenvalue weighted by molar-refractivity contribution is 0.0567. The highest BCUT2D eigenvalue weighted by Crippen LogP contribution is 2.21. The second-order valence-electron chi connectivity index (χ2n) is 5.88. The molecule has 3 rings (SSSR count). The molecule has 1 aromatic heterocycles. The standard InChI is InChI=1S/C19H19FN2O/c1-19(23,16-7-3-2-4-8-16)13-21-12-15-11-17(20)10-14-6-5-9-22-18(14)15/h2-11,21,23H,12-13H2,1H3. The van der Waals surface area contributed by atoms with E-state index < -0.39 is 5.60 Å². The third-order valence-electron chi connectivity index (χ3n) is 3.93. The molecule has 3 aromatic rings. The minimum atomic E-state index is -0.988. The average Bonchev–Trinajstić information content (AvgIpc) is 2.55. The molecule has 118 valence electrons. The Morgan fingerprint density at radius 3 is 2.70 bits per heavy atom. The molecule has 0 radical (unpaired) electrons. The van der Waals surface area contributed by atoms with E-state index in [1.54, 1.807) is 19.2 Å². The van der Waals surface area contributed by atoms with E-state index in [2.05, 4.69) is 10.3 Å². The molecule has 1 heterocycles. The van der Waals surface area contributed by atoms with Crippen LogP contribution in [0.15, 0.2) is 60.8 Å². The molecule has 0 fully saturated rings. The SMILES string of the molecule is CC(O)(CNCc1cc(F)cc2cccnc12)c1ccccc1. The topological polar surface area (TPSA) is 45.1 Å². The summed E-state index contributed by atoms with van der Waals surface area (Å²) in [5.74, 6) is -0.280. The fraction of sp³-hybridized carbons (Fsp3) is 0.211. The van der Waals surface area contributed by atoms with Crippen LogP contribution in [-0.2, 0) is 12.1 Å². The maximum Gasteiger partial charge on any atom is 0.124 e. The molecule has 3 nitrogen and oxygen atoms in total. The van der Waals surface area contributed by atoms with E-state index in [-0.39, 0.29) is 5.82 Å². The molecule has 2 N–H and O–H groups in total. The number of nitrogens with one attached hydrogen (secondary N) is 1. The van der Waals surface area contributed by atoms with Crippen molar-refractivity contribution < 1.29 is 9.50 Å². The average molecular weight is 310 g/mol. The largest absolute Gasteiger partial charge is 0.384 e. The summed E-state index contributed by atoms with van der Waals surface area (Å²) in [4.78, 5) is 4.33. The molecule has 1 atom stereocenters. The van der Waals surface area contributed by atoms with Gasteiger partial charge in [-0.15, -0.1) is 0 Å². The number of nitrogens with zero attached hydrogens (tertiary/aromatic N) is 1. The van der Waals surface area contributed by atoms with E-state index in [1.165, 1.54) is 12.1 Å². The number of aromatic nitrogens is 1. The van der Waals surface area contributed by atoms with Gasteiger partial charge >= 0.3 is 0 Å². The molecule has 1 unspecified atom stereocenters. The Morgan fingerprint density at radius 1 is 1.13 bits per heavy atom. The Balaban J connectivity index is 1.74. The van der Waals surface area contributed by atoms with Crippen molar-refractivity contribution in [2.45, 2.75) is 19.1 Å². The van der Waals surface area contributed by atoms with Gasteiger partial charge in [0.15, 0.2) is 0 Å². The fourth-order valence-corrected chi connectivity index (χ4v) is 2.70. The Hall–Kier alpha value is -2.30. The second-order valence-corrected chi connectivity index (χ2v) is 5.88. The first kappa shape index (κ1) is 15.6. The van der Waals surface area contributed by atoms with Crippen LogP contribution in [0.2, 0.25) is 0 Å². The van der Waals surface area contributed by atoms with Gasteiger partial charge in [0.2, 0.25) is 0 Å². The quantitative estimate of drug-likeness (QED) is 0.759. The first-order valence-electron chi connectivity index (χ1n) is 7.58. The number of benzene rings is 2. The van der Waals surface area contributed by atoms with Crippen LogP contribution in [0.1, 0.15) is 18.1 Å². The Kier molecular flexibility index (Phi) is 4.37. The van der Waals surface area contributed by atoms with E-state index in [0.29, 0.717) is 13.1 Å². The van der Waals surface area contributed by atoms with Crippen LogP contribution >= 0.6 is 0 Å². The van der Waals surface area contributed by atoms with Gasteiger partial charge in [0.1, 0.15) is 5.82 Å². The van der Waals surface area contributed by atoms with Crippen molar-refractivity contribution in [1.82, 2.24) is 10.3 Å². The highest BCUT2D eigenvalue weighted by Gasteiger charge is 2.22. The van der Waals surface area contributed by atoms with Crippen molar-refractivity contribution in [2.75, 3.05) is 6.54 Å². The normalized spacial score (nSPS) is 13.9. The van der Waals surface area contributed by atoms with Gasteiger partial charge in [0, 0.05) is 24.7 Å². The van der Waals surface area contributed by atoms with Gasteiger partial charge in [-0.3, -0.25) is 4.98 Å². The minimum Gasteiger partial charge on any atom is -0.384 e. The first-order valence-corrected chi connectivity index (χ1v) is 7.58. The van der Waals surface area contributed by atoms with Crippen molar-refractivity contribution in [3.63, 3.8) is 0 Å². The third kappa shape index (κ3) is 3.55. The lowest BCUT2D eigenvalue weighted by Gasteiger charge is -2.24. The number of hydrogen-bond donors (Lipinski definition) is 2. The zero-order valence-corrected chi connectivity index (χ0v) is 13.0. The number of fused-ring (bicyclic) bond motifs is 1. The number of hydrogen-bond acceptors (Lipinski definition) is 3. The Bertz CT molecular complexity index is 803. The molecule has 0 amide bonds. The predicted molar refractivity (Wildman–Crippen MR) is 89.4 cm³/mol. The smallest absolute Gasteiger partial charge is 0.124 e. The van der Waals surface area contributed by atoms with E-state index >= 15 is 0 Å². The van der Waals surface area contributed by atoms with Gasteiger partial charge in [-0.25, -0.2) is 4.39 Å². The van der Waals surface area contributed by atoms with E-state index in [0.717, 1.165) is 22.0 Å². The Labute approximate surface area is 134 Å². The summed E-state index contributed by atoms with van der Waals surface area (Å²) >= 11 is 0. The van der Waals surface area contributed by atoms with Crippen LogP contribution < -0.4 is 5.32 Å². The lowest BCUT2D eigenvalue weighted by Crippen LogP contribution is -2.35. The number of rotatable bonds is 5.